The highest BCUT2D eigenvalue weighted by Crippen LogP contribution is 2.14. The van der Waals surface area contributed by atoms with Crippen LogP contribution in [0.15, 0.2) is 40.8 Å². The summed E-state index contributed by atoms with van der Waals surface area (Å²) >= 11 is 0. The van der Waals surface area contributed by atoms with Crippen LogP contribution in [0.2, 0.25) is 6.82 Å². The van der Waals surface area contributed by atoms with Crippen molar-refractivity contribution in [3.05, 3.63) is 35.9 Å². The Kier molecular flexibility index (Phi) is 2.39. The maximum Gasteiger partial charge on any atom is 0.409 e. The fraction of sp³-hybridized carbons (Fsp3) is 0.333. The molecule has 0 saturated carbocycles. The molecule has 1 heterocycles. The second-order valence-electron chi connectivity index (χ2n) is 3.47. The lowest BCUT2D eigenvalue weighted by Gasteiger charge is -2.18. The van der Waals surface area contributed by atoms with Crippen molar-refractivity contribution in [2.24, 2.45) is 10.4 Å². The van der Waals surface area contributed by atoms with Gasteiger partial charge in [-0.25, -0.2) is 0 Å². The standard InChI is InChI=1S/C9H13BN4/c1-10-13(2)11-12-14(10)8-9-6-4-3-5-7-9/h3-7H,8H2,1-2H3. The Balaban J connectivity index is 2.03. The Labute approximate surface area is 84.3 Å². The van der Waals surface area contributed by atoms with Crippen LogP contribution < -0.4 is 0 Å². The lowest BCUT2D eigenvalue weighted by atomic mass is 9.79. The lowest BCUT2D eigenvalue weighted by molar-refractivity contribution is 0.449. The minimum Gasteiger partial charge on any atom is -0.298 e. The highest BCUT2D eigenvalue weighted by molar-refractivity contribution is 6.51. The van der Waals surface area contributed by atoms with Gasteiger partial charge in [0.1, 0.15) is 0 Å². The zero-order valence-corrected chi connectivity index (χ0v) is 8.46. The summed E-state index contributed by atoms with van der Waals surface area (Å²) < 4.78 is 0. The molecule has 0 fully saturated rings. The molecule has 0 N–H and O–H groups in total. The summed E-state index contributed by atoms with van der Waals surface area (Å²) in [5.41, 5.74) is 1.26. The summed E-state index contributed by atoms with van der Waals surface area (Å²) in [5, 5.41) is 8.06. The van der Waals surface area contributed by atoms with E-state index in [0.717, 1.165) is 6.54 Å². The fourth-order valence-electron chi connectivity index (χ4n) is 1.39. The van der Waals surface area contributed by atoms with Crippen LogP contribution >= 0.6 is 0 Å². The first-order valence-electron chi connectivity index (χ1n) is 4.72. The number of benzene rings is 1. The maximum absolute atomic E-state index is 4.08. The highest BCUT2D eigenvalue weighted by atomic mass is 15.7. The Bertz CT molecular complexity index is 327. The molecule has 4 nitrogen and oxygen atoms in total. The summed E-state index contributed by atoms with van der Waals surface area (Å²) in [6.45, 7) is 3.15. The Morgan fingerprint density at radius 3 is 2.50 bits per heavy atom. The normalized spacial score (nSPS) is 15.4. The topological polar surface area (TPSA) is 31.2 Å². The number of hydrogen-bond donors (Lipinski definition) is 0. The Hall–Kier alpha value is -1.52. The van der Waals surface area contributed by atoms with Crippen molar-refractivity contribution in [3.8, 4) is 0 Å². The molecule has 0 atom stereocenters. The van der Waals surface area contributed by atoms with E-state index in [9.17, 15) is 0 Å². The van der Waals surface area contributed by atoms with E-state index in [1.165, 1.54) is 5.56 Å². The fourth-order valence-corrected chi connectivity index (χ4v) is 1.39. The second kappa shape index (κ2) is 3.70. The molecule has 0 bridgehead atoms. The molecule has 2 rings (SSSR count). The largest absolute Gasteiger partial charge is 0.409 e. The number of nitrogens with zero attached hydrogens (tertiary/aromatic N) is 4. The third-order valence-corrected chi connectivity index (χ3v) is 2.46. The van der Waals surface area contributed by atoms with Crippen LogP contribution in [0.3, 0.4) is 0 Å². The van der Waals surface area contributed by atoms with Gasteiger partial charge in [-0.3, -0.25) is 9.84 Å². The monoisotopic (exact) mass is 188 g/mol. The van der Waals surface area contributed by atoms with Gasteiger partial charge in [-0.15, -0.1) is 0 Å². The summed E-state index contributed by atoms with van der Waals surface area (Å²) in [5.74, 6) is 0. The molecule has 72 valence electrons. The molecule has 0 unspecified atom stereocenters. The molecule has 0 saturated heterocycles. The zero-order chi connectivity index (χ0) is 9.97. The van der Waals surface area contributed by atoms with Crippen molar-refractivity contribution in [3.63, 3.8) is 0 Å². The van der Waals surface area contributed by atoms with Gasteiger partial charge in [0.2, 0.25) is 0 Å². The van der Waals surface area contributed by atoms with Crippen molar-refractivity contribution >= 4 is 6.98 Å². The van der Waals surface area contributed by atoms with E-state index in [2.05, 4.69) is 29.4 Å². The van der Waals surface area contributed by atoms with Gasteiger partial charge in [-0.2, -0.15) is 0 Å². The predicted molar refractivity (Wildman–Crippen MR) is 56.2 cm³/mol. The molecule has 0 amide bonds. The van der Waals surface area contributed by atoms with Crippen LogP contribution in [0.4, 0.5) is 0 Å². The minimum absolute atomic E-state index is 0.246. The summed E-state index contributed by atoms with van der Waals surface area (Å²) in [7, 11) is 1.93. The number of rotatable bonds is 2. The molecule has 1 aliphatic rings. The molecule has 0 aliphatic carbocycles. The minimum atomic E-state index is 0.246. The van der Waals surface area contributed by atoms with E-state index in [1.807, 2.05) is 35.1 Å². The molecule has 1 aromatic carbocycles. The molecular weight excluding hydrogens is 175 g/mol. The molecule has 0 radical (unpaired) electrons. The Morgan fingerprint density at radius 2 is 1.93 bits per heavy atom. The predicted octanol–water partition coefficient (Wildman–Crippen LogP) is 1.83. The molecule has 1 aliphatic heterocycles. The summed E-state index contributed by atoms with van der Waals surface area (Å²) in [4.78, 5) is 3.82. The Morgan fingerprint density at radius 1 is 1.21 bits per heavy atom. The van der Waals surface area contributed by atoms with Crippen molar-refractivity contribution in [2.75, 3.05) is 7.05 Å². The second-order valence-corrected chi connectivity index (χ2v) is 3.47. The SMILES string of the molecule is CB1N(C)N=NN1Cc1ccccc1. The van der Waals surface area contributed by atoms with E-state index in [0.29, 0.717) is 0 Å². The van der Waals surface area contributed by atoms with Crippen LogP contribution in [-0.4, -0.2) is 23.9 Å². The van der Waals surface area contributed by atoms with Crippen LogP contribution in [-0.2, 0) is 6.54 Å². The highest BCUT2D eigenvalue weighted by Gasteiger charge is 2.27. The molecule has 0 aromatic heterocycles. The summed E-state index contributed by atoms with van der Waals surface area (Å²) in [6, 6.07) is 10.3. The lowest BCUT2D eigenvalue weighted by Crippen LogP contribution is -2.38. The average Bonchev–Trinajstić information content (AvgIpc) is 2.52. The average molecular weight is 188 g/mol. The van der Waals surface area contributed by atoms with Gasteiger partial charge in [0.25, 0.3) is 0 Å². The molecule has 14 heavy (non-hydrogen) atoms. The first-order chi connectivity index (χ1) is 6.77. The van der Waals surface area contributed by atoms with Gasteiger partial charge in [0.15, 0.2) is 0 Å². The molecular formula is C9H13BN4. The first-order valence-corrected chi connectivity index (χ1v) is 4.72. The van der Waals surface area contributed by atoms with Crippen LogP contribution in [0.1, 0.15) is 5.56 Å². The molecule has 1 aromatic rings. The molecule has 5 heteroatoms. The van der Waals surface area contributed by atoms with Crippen LogP contribution in [0.25, 0.3) is 0 Å². The van der Waals surface area contributed by atoms with Crippen molar-refractivity contribution in [2.45, 2.75) is 13.4 Å². The van der Waals surface area contributed by atoms with E-state index in [1.54, 1.807) is 0 Å². The van der Waals surface area contributed by atoms with Gasteiger partial charge in [-0.1, -0.05) is 40.8 Å². The maximum atomic E-state index is 4.08. The summed E-state index contributed by atoms with van der Waals surface area (Å²) in [6.07, 6.45) is 0. The van der Waals surface area contributed by atoms with Crippen LogP contribution in [0, 0.1) is 0 Å². The number of hydrogen-bond acceptors (Lipinski definition) is 4. The van der Waals surface area contributed by atoms with Gasteiger partial charge in [-0.05, 0) is 12.4 Å². The van der Waals surface area contributed by atoms with E-state index >= 15 is 0 Å². The molecule has 0 spiro atoms. The smallest absolute Gasteiger partial charge is 0.298 e. The quantitative estimate of drug-likeness (QED) is 0.663. The zero-order valence-electron chi connectivity index (χ0n) is 8.46. The van der Waals surface area contributed by atoms with Crippen molar-refractivity contribution < 1.29 is 0 Å². The van der Waals surface area contributed by atoms with Gasteiger partial charge in [0.05, 0.1) is 6.54 Å². The van der Waals surface area contributed by atoms with E-state index in [4.69, 9.17) is 0 Å². The van der Waals surface area contributed by atoms with E-state index < -0.39 is 0 Å². The third-order valence-electron chi connectivity index (χ3n) is 2.46. The van der Waals surface area contributed by atoms with Gasteiger partial charge >= 0.3 is 6.98 Å². The third kappa shape index (κ3) is 1.71. The first kappa shape index (κ1) is 9.06. The van der Waals surface area contributed by atoms with E-state index in [-0.39, 0.29) is 6.98 Å². The van der Waals surface area contributed by atoms with Crippen molar-refractivity contribution in [1.29, 1.82) is 0 Å². The van der Waals surface area contributed by atoms with Crippen LogP contribution in [0.5, 0.6) is 0 Å². The van der Waals surface area contributed by atoms with Gasteiger partial charge < -0.3 is 0 Å². The van der Waals surface area contributed by atoms with Crippen molar-refractivity contribution in [1.82, 2.24) is 9.84 Å². The van der Waals surface area contributed by atoms with Gasteiger partial charge in [0, 0.05) is 7.05 Å².